The highest BCUT2D eigenvalue weighted by Crippen LogP contribution is 2.24. The quantitative estimate of drug-likeness (QED) is 0.878. The molecule has 0 aromatic heterocycles. The third-order valence-electron chi connectivity index (χ3n) is 3.10. The minimum Gasteiger partial charge on any atom is -0.343 e. The molecule has 4 heteroatoms. The summed E-state index contributed by atoms with van der Waals surface area (Å²) in [5.41, 5.74) is 1.06. The van der Waals surface area contributed by atoms with Gasteiger partial charge in [0.15, 0.2) is 0 Å². The number of carbonyl (C=O) groups is 1. The van der Waals surface area contributed by atoms with Gasteiger partial charge in [-0.25, -0.2) is 0 Å². The smallest absolute Gasteiger partial charge is 0.252 e. The second-order valence-electron chi connectivity index (χ2n) is 5.07. The molecule has 0 saturated heterocycles. The Kier molecular flexibility index (Phi) is 4.36. The molecule has 0 bridgehead atoms. The van der Waals surface area contributed by atoms with E-state index in [1.807, 2.05) is 44.2 Å². The Labute approximate surface area is 128 Å². The Hall–Kier alpha value is -1.51. The summed E-state index contributed by atoms with van der Waals surface area (Å²) in [6, 6.07) is 14.6. The molecule has 0 spiro atoms. The zero-order chi connectivity index (χ0) is 14.8. The lowest BCUT2D eigenvalue weighted by molar-refractivity contribution is 0.0912. The minimum atomic E-state index is -0.468. The van der Waals surface area contributed by atoms with E-state index in [9.17, 15) is 4.79 Å². The fourth-order valence-electron chi connectivity index (χ4n) is 1.92. The van der Waals surface area contributed by atoms with Gasteiger partial charge in [0.25, 0.3) is 5.91 Å². The molecular weight excluding hydrogens is 293 g/mol. The molecule has 0 unspecified atom stereocenters. The number of carbonyl (C=O) groups excluding carboxylic acids is 1. The van der Waals surface area contributed by atoms with Gasteiger partial charge in [0.05, 0.1) is 15.6 Å². The summed E-state index contributed by atoms with van der Waals surface area (Å²) >= 11 is 11.8. The third-order valence-corrected chi connectivity index (χ3v) is 3.84. The molecule has 104 valence electrons. The lowest BCUT2D eigenvalue weighted by atomic mass is 9.94. The van der Waals surface area contributed by atoms with E-state index in [2.05, 4.69) is 5.32 Å². The third kappa shape index (κ3) is 3.33. The predicted molar refractivity (Wildman–Crippen MR) is 83.4 cm³/mol. The molecule has 0 aliphatic carbocycles. The van der Waals surface area contributed by atoms with Crippen LogP contribution in [0.4, 0.5) is 0 Å². The number of amides is 1. The summed E-state index contributed by atoms with van der Waals surface area (Å²) in [6.45, 7) is 3.91. The summed E-state index contributed by atoms with van der Waals surface area (Å²) in [5.74, 6) is -0.183. The number of benzene rings is 2. The van der Waals surface area contributed by atoms with Crippen molar-refractivity contribution in [3.05, 3.63) is 69.7 Å². The van der Waals surface area contributed by atoms with Gasteiger partial charge in [-0.2, -0.15) is 0 Å². The normalized spacial score (nSPS) is 11.2. The van der Waals surface area contributed by atoms with Crippen LogP contribution in [0.5, 0.6) is 0 Å². The molecule has 2 aromatic carbocycles. The highest BCUT2D eigenvalue weighted by atomic mass is 35.5. The Morgan fingerprint density at radius 2 is 1.65 bits per heavy atom. The van der Waals surface area contributed by atoms with Crippen molar-refractivity contribution in [3.8, 4) is 0 Å². The van der Waals surface area contributed by atoms with Gasteiger partial charge < -0.3 is 5.32 Å². The van der Waals surface area contributed by atoms with Crippen LogP contribution in [0.3, 0.4) is 0 Å². The summed E-state index contributed by atoms with van der Waals surface area (Å²) in [6.07, 6.45) is 0. The average molecular weight is 308 g/mol. The van der Waals surface area contributed by atoms with E-state index in [1.54, 1.807) is 18.2 Å². The second kappa shape index (κ2) is 5.86. The van der Waals surface area contributed by atoms with Crippen molar-refractivity contribution >= 4 is 29.1 Å². The van der Waals surface area contributed by atoms with Crippen molar-refractivity contribution in [2.45, 2.75) is 19.4 Å². The molecular formula is C16H15Cl2NO. The average Bonchev–Trinajstić information content (AvgIpc) is 2.42. The van der Waals surface area contributed by atoms with E-state index in [0.717, 1.165) is 5.56 Å². The van der Waals surface area contributed by atoms with Crippen molar-refractivity contribution in [2.24, 2.45) is 0 Å². The van der Waals surface area contributed by atoms with Crippen LogP contribution < -0.4 is 5.32 Å². The van der Waals surface area contributed by atoms with Gasteiger partial charge in [-0.3, -0.25) is 4.79 Å². The maximum absolute atomic E-state index is 12.3. The van der Waals surface area contributed by atoms with Gasteiger partial charge >= 0.3 is 0 Å². The van der Waals surface area contributed by atoms with Crippen molar-refractivity contribution in [1.82, 2.24) is 5.32 Å². The van der Waals surface area contributed by atoms with Crippen molar-refractivity contribution in [1.29, 1.82) is 0 Å². The molecule has 2 rings (SSSR count). The first-order valence-electron chi connectivity index (χ1n) is 6.23. The standard InChI is InChI=1S/C16H15Cl2NO/c1-16(2,12-6-4-3-5-7-12)19-15(20)11-8-9-13(17)14(18)10-11/h3-10H,1-2H3,(H,19,20). The molecule has 2 aromatic rings. The number of hydrogen-bond donors (Lipinski definition) is 1. The summed E-state index contributed by atoms with van der Waals surface area (Å²) < 4.78 is 0. The fourth-order valence-corrected chi connectivity index (χ4v) is 2.22. The van der Waals surface area contributed by atoms with Crippen LogP contribution in [0, 0.1) is 0 Å². The fraction of sp³-hybridized carbons (Fsp3) is 0.188. The highest BCUT2D eigenvalue weighted by Gasteiger charge is 2.23. The molecule has 0 aliphatic heterocycles. The van der Waals surface area contributed by atoms with E-state index in [4.69, 9.17) is 23.2 Å². The number of halogens is 2. The lowest BCUT2D eigenvalue weighted by Crippen LogP contribution is -2.40. The van der Waals surface area contributed by atoms with Gasteiger partial charge in [0.2, 0.25) is 0 Å². The molecule has 20 heavy (non-hydrogen) atoms. The Balaban J connectivity index is 2.20. The monoisotopic (exact) mass is 307 g/mol. The molecule has 1 amide bonds. The van der Waals surface area contributed by atoms with Gasteiger partial charge in [-0.15, -0.1) is 0 Å². The van der Waals surface area contributed by atoms with E-state index in [-0.39, 0.29) is 5.91 Å². The van der Waals surface area contributed by atoms with E-state index >= 15 is 0 Å². The van der Waals surface area contributed by atoms with E-state index in [1.165, 1.54) is 0 Å². The second-order valence-corrected chi connectivity index (χ2v) is 5.89. The predicted octanol–water partition coefficient (Wildman–Crippen LogP) is 4.66. The first kappa shape index (κ1) is 14.9. The maximum atomic E-state index is 12.3. The summed E-state index contributed by atoms with van der Waals surface area (Å²) in [4.78, 5) is 12.3. The van der Waals surface area contributed by atoms with Gasteiger partial charge in [-0.05, 0) is 37.6 Å². The lowest BCUT2D eigenvalue weighted by Gasteiger charge is -2.27. The van der Waals surface area contributed by atoms with Crippen LogP contribution in [0.1, 0.15) is 29.8 Å². The molecule has 2 nitrogen and oxygen atoms in total. The van der Waals surface area contributed by atoms with Crippen LogP contribution in [0.25, 0.3) is 0 Å². The van der Waals surface area contributed by atoms with Crippen molar-refractivity contribution in [3.63, 3.8) is 0 Å². The van der Waals surface area contributed by atoms with Crippen molar-refractivity contribution in [2.75, 3.05) is 0 Å². The van der Waals surface area contributed by atoms with Gasteiger partial charge in [-0.1, -0.05) is 53.5 Å². The topological polar surface area (TPSA) is 29.1 Å². The van der Waals surface area contributed by atoms with Crippen LogP contribution in [-0.4, -0.2) is 5.91 Å². The SMILES string of the molecule is CC(C)(NC(=O)c1ccc(Cl)c(Cl)c1)c1ccccc1. The van der Waals surface area contributed by atoms with Gasteiger partial charge in [0, 0.05) is 5.56 Å². The molecule has 0 fully saturated rings. The molecule has 0 heterocycles. The Morgan fingerprint density at radius 3 is 2.25 bits per heavy atom. The Bertz CT molecular complexity index is 624. The molecule has 0 radical (unpaired) electrons. The minimum absolute atomic E-state index is 0.183. The first-order chi connectivity index (χ1) is 9.40. The molecule has 1 N–H and O–H groups in total. The number of nitrogens with one attached hydrogen (secondary N) is 1. The van der Waals surface area contributed by atoms with Crippen molar-refractivity contribution < 1.29 is 4.79 Å². The summed E-state index contributed by atoms with van der Waals surface area (Å²) in [5, 5.41) is 3.80. The van der Waals surface area contributed by atoms with Crippen LogP contribution in [0.15, 0.2) is 48.5 Å². The molecule has 0 atom stereocenters. The first-order valence-corrected chi connectivity index (χ1v) is 6.99. The zero-order valence-corrected chi connectivity index (χ0v) is 12.8. The van der Waals surface area contributed by atoms with E-state index < -0.39 is 5.54 Å². The van der Waals surface area contributed by atoms with Gasteiger partial charge in [0.1, 0.15) is 0 Å². The number of hydrogen-bond acceptors (Lipinski definition) is 1. The van der Waals surface area contributed by atoms with Crippen LogP contribution in [-0.2, 0) is 5.54 Å². The summed E-state index contributed by atoms with van der Waals surface area (Å²) in [7, 11) is 0. The largest absolute Gasteiger partial charge is 0.343 e. The molecule has 0 saturated carbocycles. The Morgan fingerprint density at radius 1 is 1.00 bits per heavy atom. The maximum Gasteiger partial charge on any atom is 0.252 e. The zero-order valence-electron chi connectivity index (χ0n) is 11.3. The van der Waals surface area contributed by atoms with E-state index in [0.29, 0.717) is 15.6 Å². The van der Waals surface area contributed by atoms with Crippen LogP contribution >= 0.6 is 23.2 Å². The van der Waals surface area contributed by atoms with Crippen LogP contribution in [0.2, 0.25) is 10.0 Å². The number of rotatable bonds is 3. The molecule has 0 aliphatic rings. The highest BCUT2D eigenvalue weighted by molar-refractivity contribution is 6.42.